The molecule has 0 aliphatic heterocycles. The first-order chi connectivity index (χ1) is 12.4. The van der Waals surface area contributed by atoms with Gasteiger partial charge in [-0.15, -0.1) is 11.3 Å². The van der Waals surface area contributed by atoms with Crippen molar-refractivity contribution in [2.45, 2.75) is 46.5 Å². The molecule has 0 fully saturated rings. The lowest BCUT2D eigenvalue weighted by Crippen LogP contribution is -2.21. The molecular formula is C19H25N3O3S. The summed E-state index contributed by atoms with van der Waals surface area (Å²) in [4.78, 5) is 26.3. The third kappa shape index (κ3) is 3.82. The molecule has 1 aliphatic rings. The van der Waals surface area contributed by atoms with E-state index in [1.165, 1.54) is 34.6 Å². The normalized spacial score (nSPS) is 16.2. The second-order valence-corrected chi connectivity index (χ2v) is 8.01. The largest absolute Gasteiger partial charge is 0.451 e. The van der Waals surface area contributed by atoms with E-state index in [1.807, 2.05) is 27.0 Å². The number of aryl methyl sites for hydroxylation is 3. The Morgan fingerprint density at radius 3 is 2.85 bits per heavy atom. The SMILES string of the molecule is CC[C@@H]1CCc2sc(C(=O)OCC(=O)Nc3c(C)nn(C)c3C)cc2C1. The third-order valence-corrected chi connectivity index (χ3v) is 6.29. The summed E-state index contributed by atoms with van der Waals surface area (Å²) in [7, 11) is 1.82. The van der Waals surface area contributed by atoms with Crippen LogP contribution in [0.15, 0.2) is 6.07 Å². The lowest BCUT2D eigenvalue weighted by Gasteiger charge is -2.19. The highest BCUT2D eigenvalue weighted by molar-refractivity contribution is 7.14. The zero-order valence-electron chi connectivity index (χ0n) is 15.7. The Balaban J connectivity index is 1.57. The Bertz CT molecular complexity index is 837. The van der Waals surface area contributed by atoms with E-state index in [0.29, 0.717) is 16.5 Å². The summed E-state index contributed by atoms with van der Waals surface area (Å²) in [6, 6.07) is 1.94. The number of fused-ring (bicyclic) bond motifs is 1. The van der Waals surface area contributed by atoms with Gasteiger partial charge in [0.2, 0.25) is 0 Å². The molecule has 1 N–H and O–H groups in total. The number of amides is 1. The Morgan fingerprint density at radius 2 is 2.19 bits per heavy atom. The Labute approximate surface area is 157 Å². The number of anilines is 1. The van der Waals surface area contributed by atoms with E-state index < -0.39 is 5.97 Å². The summed E-state index contributed by atoms with van der Waals surface area (Å²) in [5.74, 6) is -0.0742. The Hall–Kier alpha value is -2.15. The van der Waals surface area contributed by atoms with Gasteiger partial charge in [0.15, 0.2) is 6.61 Å². The number of hydrogen-bond donors (Lipinski definition) is 1. The molecule has 0 spiro atoms. The zero-order chi connectivity index (χ0) is 18.8. The van der Waals surface area contributed by atoms with Crippen LogP contribution in [0.1, 0.15) is 51.3 Å². The average molecular weight is 375 g/mol. The van der Waals surface area contributed by atoms with Crippen molar-refractivity contribution in [3.63, 3.8) is 0 Å². The van der Waals surface area contributed by atoms with Gasteiger partial charge in [-0.1, -0.05) is 13.3 Å². The fraction of sp³-hybridized carbons (Fsp3) is 0.526. The maximum absolute atomic E-state index is 12.3. The zero-order valence-corrected chi connectivity index (χ0v) is 16.5. The molecule has 7 heteroatoms. The first-order valence-electron chi connectivity index (χ1n) is 8.97. The van der Waals surface area contributed by atoms with E-state index >= 15 is 0 Å². The van der Waals surface area contributed by atoms with Gasteiger partial charge in [0.1, 0.15) is 4.88 Å². The van der Waals surface area contributed by atoms with Crippen molar-refractivity contribution < 1.29 is 14.3 Å². The third-order valence-electron chi connectivity index (χ3n) is 5.07. The van der Waals surface area contributed by atoms with Gasteiger partial charge in [-0.2, -0.15) is 5.10 Å². The highest BCUT2D eigenvalue weighted by atomic mass is 32.1. The predicted octanol–water partition coefficient (Wildman–Crippen LogP) is 3.41. The number of nitrogens with one attached hydrogen (secondary N) is 1. The van der Waals surface area contributed by atoms with Crippen LogP contribution in [0.3, 0.4) is 0 Å². The molecule has 3 rings (SSSR count). The van der Waals surface area contributed by atoms with Gasteiger partial charge in [0.25, 0.3) is 5.91 Å². The predicted molar refractivity (Wildman–Crippen MR) is 102 cm³/mol. The van der Waals surface area contributed by atoms with Crippen LogP contribution < -0.4 is 5.32 Å². The number of esters is 1. The number of thiophene rings is 1. The molecule has 1 atom stereocenters. The van der Waals surface area contributed by atoms with Crippen LogP contribution in [0.25, 0.3) is 0 Å². The summed E-state index contributed by atoms with van der Waals surface area (Å²) in [5, 5.41) is 7.02. The van der Waals surface area contributed by atoms with Crippen LogP contribution in [-0.2, 0) is 29.4 Å². The van der Waals surface area contributed by atoms with Crippen molar-refractivity contribution in [2.24, 2.45) is 13.0 Å². The van der Waals surface area contributed by atoms with E-state index in [4.69, 9.17) is 4.74 Å². The smallest absolute Gasteiger partial charge is 0.348 e. The number of hydrogen-bond acceptors (Lipinski definition) is 5. The van der Waals surface area contributed by atoms with Crippen molar-refractivity contribution in [1.82, 2.24) is 9.78 Å². The lowest BCUT2D eigenvalue weighted by atomic mass is 9.87. The summed E-state index contributed by atoms with van der Waals surface area (Å²) in [5.41, 5.74) is 3.54. The number of carbonyl (C=O) groups excluding carboxylic acids is 2. The topological polar surface area (TPSA) is 73.2 Å². The van der Waals surface area contributed by atoms with Gasteiger partial charge in [-0.05, 0) is 50.7 Å². The summed E-state index contributed by atoms with van der Waals surface area (Å²) >= 11 is 1.50. The van der Waals surface area contributed by atoms with Crippen LogP contribution in [0.4, 0.5) is 5.69 Å². The first kappa shape index (κ1) is 18.6. The molecule has 0 aromatic carbocycles. The minimum Gasteiger partial charge on any atom is -0.451 e. The number of ether oxygens (including phenoxy) is 1. The fourth-order valence-corrected chi connectivity index (χ4v) is 4.48. The molecule has 0 radical (unpaired) electrons. The Morgan fingerprint density at radius 1 is 1.42 bits per heavy atom. The maximum Gasteiger partial charge on any atom is 0.348 e. The van der Waals surface area contributed by atoms with Gasteiger partial charge >= 0.3 is 5.97 Å². The molecule has 0 unspecified atom stereocenters. The molecule has 2 aromatic heterocycles. The van der Waals surface area contributed by atoms with Gasteiger partial charge in [0, 0.05) is 11.9 Å². The lowest BCUT2D eigenvalue weighted by molar-refractivity contribution is -0.119. The molecule has 1 aliphatic carbocycles. The molecular weight excluding hydrogens is 350 g/mol. The second-order valence-electron chi connectivity index (χ2n) is 6.87. The monoisotopic (exact) mass is 375 g/mol. The number of rotatable bonds is 5. The number of aromatic nitrogens is 2. The van der Waals surface area contributed by atoms with Crippen molar-refractivity contribution >= 4 is 28.9 Å². The Kier molecular flexibility index (Phi) is 5.46. The minimum absolute atomic E-state index is 0.299. The molecule has 0 bridgehead atoms. The van der Waals surface area contributed by atoms with Gasteiger partial charge in [-0.3, -0.25) is 9.48 Å². The fourth-order valence-electron chi connectivity index (χ4n) is 3.38. The van der Waals surface area contributed by atoms with Crippen LogP contribution >= 0.6 is 11.3 Å². The number of nitrogens with zero attached hydrogens (tertiary/aromatic N) is 2. The minimum atomic E-state index is -0.424. The molecule has 6 nitrogen and oxygen atoms in total. The van der Waals surface area contributed by atoms with Crippen LogP contribution in [-0.4, -0.2) is 28.3 Å². The maximum atomic E-state index is 12.3. The van der Waals surface area contributed by atoms with Crippen LogP contribution in [0.5, 0.6) is 0 Å². The van der Waals surface area contributed by atoms with Gasteiger partial charge in [0.05, 0.1) is 17.1 Å². The van der Waals surface area contributed by atoms with Gasteiger partial charge < -0.3 is 10.1 Å². The van der Waals surface area contributed by atoms with E-state index in [1.54, 1.807) is 4.68 Å². The quantitative estimate of drug-likeness (QED) is 0.813. The molecule has 0 saturated carbocycles. The molecule has 2 heterocycles. The standard InChI is InChI=1S/C19H25N3O3S/c1-5-13-6-7-15-14(8-13)9-16(26-15)19(24)25-10-17(23)20-18-11(2)21-22(4)12(18)3/h9,13H,5-8,10H2,1-4H3,(H,20,23)/t13-/m1/s1. The van der Waals surface area contributed by atoms with Gasteiger partial charge in [-0.25, -0.2) is 4.79 Å². The molecule has 1 amide bonds. The highest BCUT2D eigenvalue weighted by Gasteiger charge is 2.23. The van der Waals surface area contributed by atoms with Crippen molar-refractivity contribution in [2.75, 3.05) is 11.9 Å². The summed E-state index contributed by atoms with van der Waals surface area (Å²) < 4.78 is 6.92. The van der Waals surface area contributed by atoms with E-state index in [-0.39, 0.29) is 12.5 Å². The molecule has 26 heavy (non-hydrogen) atoms. The average Bonchev–Trinajstić information content (AvgIpc) is 3.15. The van der Waals surface area contributed by atoms with Crippen LogP contribution in [0.2, 0.25) is 0 Å². The molecule has 140 valence electrons. The van der Waals surface area contributed by atoms with Crippen LogP contribution in [0, 0.1) is 19.8 Å². The van der Waals surface area contributed by atoms with Crippen molar-refractivity contribution in [1.29, 1.82) is 0 Å². The van der Waals surface area contributed by atoms with E-state index in [2.05, 4.69) is 17.3 Å². The number of carbonyl (C=O) groups is 2. The van der Waals surface area contributed by atoms with E-state index in [9.17, 15) is 9.59 Å². The van der Waals surface area contributed by atoms with Crippen molar-refractivity contribution in [3.8, 4) is 0 Å². The van der Waals surface area contributed by atoms with Crippen molar-refractivity contribution in [3.05, 3.63) is 32.8 Å². The molecule has 0 saturated heterocycles. The first-order valence-corrected chi connectivity index (χ1v) is 9.79. The summed E-state index contributed by atoms with van der Waals surface area (Å²) in [6.45, 7) is 5.62. The molecule has 2 aromatic rings. The second kappa shape index (κ2) is 7.61. The summed E-state index contributed by atoms with van der Waals surface area (Å²) in [6.07, 6.45) is 4.43. The highest BCUT2D eigenvalue weighted by Crippen LogP contribution is 2.33. The van der Waals surface area contributed by atoms with E-state index in [0.717, 1.165) is 24.2 Å².